The van der Waals surface area contributed by atoms with E-state index in [1.54, 1.807) is 12.3 Å². The van der Waals surface area contributed by atoms with Crippen LogP contribution in [0, 0.1) is 0 Å². The number of carbonyl (C=O) groups is 1. The molecule has 3 heterocycles. The monoisotopic (exact) mass is 433 g/mol. The van der Waals surface area contributed by atoms with Gasteiger partial charge in [0.15, 0.2) is 15.7 Å². The molecule has 0 saturated heterocycles. The molecule has 1 fully saturated rings. The standard InChI is InChI=1S/C20H27N5O4S/c1-12(2)22-20(26)29-15-4-3-13(9-15)17-10-18(25-24-17)23-19-16-6-8-30(27,28)11-14(16)5-7-21-19/h5,7,10,12-13,15H,3-4,6,8-9,11H2,1-2H3,(H,22,26)(H2,21,23,24,25)/t13-,15+/m0/s1. The predicted molar refractivity (Wildman–Crippen MR) is 112 cm³/mol. The number of pyridine rings is 1. The van der Waals surface area contributed by atoms with Crippen LogP contribution in [0.5, 0.6) is 0 Å². The van der Waals surface area contributed by atoms with Crippen molar-refractivity contribution in [2.75, 3.05) is 11.1 Å². The summed E-state index contributed by atoms with van der Waals surface area (Å²) in [5, 5.41) is 13.4. The Morgan fingerprint density at radius 3 is 2.97 bits per heavy atom. The molecule has 2 aromatic rings. The maximum absolute atomic E-state index is 11.9. The number of carbonyl (C=O) groups excluding carboxylic acids is 1. The van der Waals surface area contributed by atoms with Crippen LogP contribution in [-0.2, 0) is 26.7 Å². The molecule has 1 saturated carbocycles. The third-order valence-electron chi connectivity index (χ3n) is 5.54. The van der Waals surface area contributed by atoms with E-state index < -0.39 is 9.84 Å². The molecule has 2 aliphatic rings. The first-order chi connectivity index (χ1) is 14.3. The molecule has 162 valence electrons. The Balaban J connectivity index is 1.40. The normalized spacial score (nSPS) is 22.5. The van der Waals surface area contributed by atoms with Gasteiger partial charge in [0.05, 0.1) is 11.5 Å². The maximum atomic E-state index is 11.9. The van der Waals surface area contributed by atoms with Crippen LogP contribution in [0.2, 0.25) is 0 Å². The van der Waals surface area contributed by atoms with E-state index in [4.69, 9.17) is 4.74 Å². The highest BCUT2D eigenvalue weighted by atomic mass is 32.2. The van der Waals surface area contributed by atoms with Crippen LogP contribution in [0.15, 0.2) is 18.3 Å². The minimum atomic E-state index is -3.03. The first-order valence-electron chi connectivity index (χ1n) is 10.3. The van der Waals surface area contributed by atoms with Crippen molar-refractivity contribution < 1.29 is 17.9 Å². The number of amides is 1. The van der Waals surface area contributed by atoms with Gasteiger partial charge in [-0.2, -0.15) is 5.10 Å². The summed E-state index contributed by atoms with van der Waals surface area (Å²) < 4.78 is 29.3. The van der Waals surface area contributed by atoms with Gasteiger partial charge in [0.2, 0.25) is 0 Å². The molecule has 0 spiro atoms. The molecule has 2 atom stereocenters. The lowest BCUT2D eigenvalue weighted by Crippen LogP contribution is -2.33. The van der Waals surface area contributed by atoms with Crippen LogP contribution < -0.4 is 10.6 Å². The second kappa shape index (κ2) is 8.25. The number of fused-ring (bicyclic) bond motifs is 1. The number of H-pyrrole nitrogens is 1. The number of rotatable bonds is 5. The zero-order chi connectivity index (χ0) is 21.3. The molecule has 1 aliphatic heterocycles. The van der Waals surface area contributed by atoms with Gasteiger partial charge in [-0.3, -0.25) is 5.10 Å². The molecule has 3 N–H and O–H groups in total. The Labute approximate surface area is 175 Å². The summed E-state index contributed by atoms with van der Waals surface area (Å²) in [6, 6.07) is 3.76. The highest BCUT2D eigenvalue weighted by Gasteiger charge is 2.30. The summed E-state index contributed by atoms with van der Waals surface area (Å²) in [5.74, 6) is 1.73. The highest BCUT2D eigenvalue weighted by Crippen LogP contribution is 2.36. The number of hydrogen-bond donors (Lipinski definition) is 3. The van der Waals surface area contributed by atoms with Gasteiger partial charge < -0.3 is 15.4 Å². The number of sulfone groups is 1. The molecule has 10 heteroatoms. The van der Waals surface area contributed by atoms with E-state index in [0.717, 1.165) is 36.1 Å². The van der Waals surface area contributed by atoms with E-state index in [0.29, 0.717) is 18.1 Å². The number of nitrogens with zero attached hydrogens (tertiary/aromatic N) is 2. The molecule has 4 rings (SSSR count). The second-order valence-electron chi connectivity index (χ2n) is 8.31. The predicted octanol–water partition coefficient (Wildman–Crippen LogP) is 2.79. The van der Waals surface area contributed by atoms with E-state index in [1.807, 2.05) is 19.9 Å². The number of nitrogens with one attached hydrogen (secondary N) is 3. The van der Waals surface area contributed by atoms with E-state index in [9.17, 15) is 13.2 Å². The lowest BCUT2D eigenvalue weighted by molar-refractivity contribution is 0.0981. The molecule has 0 unspecified atom stereocenters. The van der Waals surface area contributed by atoms with Gasteiger partial charge in [0.25, 0.3) is 0 Å². The lowest BCUT2D eigenvalue weighted by atomic mass is 10.0. The summed E-state index contributed by atoms with van der Waals surface area (Å²) >= 11 is 0. The van der Waals surface area contributed by atoms with E-state index in [2.05, 4.69) is 25.8 Å². The topological polar surface area (TPSA) is 126 Å². The largest absolute Gasteiger partial charge is 0.446 e. The Hall–Kier alpha value is -2.62. The Bertz CT molecular complexity index is 1030. The fourth-order valence-corrected chi connectivity index (χ4v) is 5.51. The number of aromatic amines is 1. The van der Waals surface area contributed by atoms with Crippen molar-refractivity contribution in [3.05, 3.63) is 35.2 Å². The van der Waals surface area contributed by atoms with Gasteiger partial charge in [0, 0.05) is 35.5 Å². The van der Waals surface area contributed by atoms with Crippen molar-refractivity contribution in [3.8, 4) is 0 Å². The summed E-state index contributed by atoms with van der Waals surface area (Å²) in [6.07, 6.45) is 4.09. The van der Waals surface area contributed by atoms with Crippen LogP contribution in [0.3, 0.4) is 0 Å². The Morgan fingerprint density at radius 1 is 1.33 bits per heavy atom. The summed E-state index contributed by atoms with van der Waals surface area (Å²) in [6.45, 7) is 3.80. The molecule has 1 aliphatic carbocycles. The molecule has 0 aromatic carbocycles. The second-order valence-corrected chi connectivity index (χ2v) is 10.5. The molecular weight excluding hydrogens is 406 g/mol. The van der Waals surface area contributed by atoms with Crippen molar-refractivity contribution >= 4 is 27.6 Å². The molecule has 9 nitrogen and oxygen atoms in total. The van der Waals surface area contributed by atoms with Crippen LogP contribution >= 0.6 is 0 Å². The minimum Gasteiger partial charge on any atom is -0.446 e. The molecule has 0 radical (unpaired) electrons. The van der Waals surface area contributed by atoms with E-state index in [-0.39, 0.29) is 35.7 Å². The van der Waals surface area contributed by atoms with Crippen molar-refractivity contribution in [1.82, 2.24) is 20.5 Å². The third-order valence-corrected chi connectivity index (χ3v) is 7.12. The van der Waals surface area contributed by atoms with Crippen molar-refractivity contribution in [1.29, 1.82) is 0 Å². The number of ether oxygens (including phenoxy) is 1. The fourth-order valence-electron chi connectivity index (χ4n) is 4.10. The highest BCUT2D eigenvalue weighted by molar-refractivity contribution is 7.90. The zero-order valence-electron chi connectivity index (χ0n) is 17.1. The third kappa shape index (κ3) is 4.75. The van der Waals surface area contributed by atoms with Crippen LogP contribution in [-0.4, -0.2) is 47.6 Å². The smallest absolute Gasteiger partial charge is 0.407 e. The molecule has 30 heavy (non-hydrogen) atoms. The molecule has 1 amide bonds. The zero-order valence-corrected chi connectivity index (χ0v) is 18.0. The summed E-state index contributed by atoms with van der Waals surface area (Å²) in [7, 11) is -3.03. The molecule has 0 bridgehead atoms. The van der Waals surface area contributed by atoms with Gasteiger partial charge >= 0.3 is 6.09 Å². The van der Waals surface area contributed by atoms with Crippen molar-refractivity contribution in [2.24, 2.45) is 0 Å². The fraction of sp³-hybridized carbons (Fsp3) is 0.550. The van der Waals surface area contributed by atoms with E-state index in [1.165, 1.54) is 0 Å². The maximum Gasteiger partial charge on any atom is 0.407 e. The van der Waals surface area contributed by atoms with Crippen LogP contribution in [0.4, 0.5) is 16.4 Å². The van der Waals surface area contributed by atoms with Gasteiger partial charge in [0.1, 0.15) is 11.9 Å². The Morgan fingerprint density at radius 2 is 2.17 bits per heavy atom. The van der Waals surface area contributed by atoms with Gasteiger partial charge in [-0.05, 0) is 51.2 Å². The molecule has 2 aromatic heterocycles. The minimum absolute atomic E-state index is 0.0494. The van der Waals surface area contributed by atoms with Crippen molar-refractivity contribution in [2.45, 2.75) is 63.3 Å². The summed E-state index contributed by atoms with van der Waals surface area (Å²) in [5.41, 5.74) is 2.72. The first kappa shape index (κ1) is 20.6. The number of anilines is 2. The molecular formula is C20H27N5O4S. The number of alkyl carbamates (subject to hydrolysis) is 1. The average molecular weight is 434 g/mol. The van der Waals surface area contributed by atoms with Crippen LogP contribution in [0.1, 0.15) is 55.8 Å². The summed E-state index contributed by atoms with van der Waals surface area (Å²) in [4.78, 5) is 16.2. The Kier molecular flexibility index (Phi) is 5.68. The first-order valence-corrected chi connectivity index (χ1v) is 12.1. The lowest BCUT2D eigenvalue weighted by Gasteiger charge is -2.18. The number of aromatic nitrogens is 3. The van der Waals surface area contributed by atoms with Crippen LogP contribution in [0.25, 0.3) is 0 Å². The quantitative estimate of drug-likeness (QED) is 0.662. The van der Waals surface area contributed by atoms with Crippen molar-refractivity contribution in [3.63, 3.8) is 0 Å². The van der Waals surface area contributed by atoms with E-state index >= 15 is 0 Å². The number of hydrogen-bond acceptors (Lipinski definition) is 7. The van der Waals surface area contributed by atoms with Gasteiger partial charge in [-0.25, -0.2) is 18.2 Å². The van der Waals surface area contributed by atoms with Gasteiger partial charge in [-0.15, -0.1) is 0 Å². The SMILES string of the molecule is CC(C)NC(=O)O[C@@H]1CC[C@H](c2cc(Nc3nccc4c3CCS(=O)(=O)C4)n[nH]2)C1. The van der Waals surface area contributed by atoms with Gasteiger partial charge in [-0.1, -0.05) is 0 Å². The average Bonchev–Trinajstić information content (AvgIpc) is 3.29.